The van der Waals surface area contributed by atoms with Crippen LogP contribution < -0.4 is 10.2 Å². The molecule has 0 spiro atoms. The summed E-state index contributed by atoms with van der Waals surface area (Å²) in [5, 5.41) is 5.25. The smallest absolute Gasteiger partial charge is 0.137 e. The van der Waals surface area contributed by atoms with Crippen LogP contribution in [0.5, 0.6) is 0 Å². The summed E-state index contributed by atoms with van der Waals surface area (Å²) in [5.41, 5.74) is 1.09. The van der Waals surface area contributed by atoms with Crippen LogP contribution in [0, 0.1) is 6.92 Å². The van der Waals surface area contributed by atoms with Crippen LogP contribution in [-0.2, 0) is 13.0 Å². The molecule has 20 heavy (non-hydrogen) atoms. The highest BCUT2D eigenvalue weighted by Crippen LogP contribution is 2.26. The van der Waals surface area contributed by atoms with E-state index in [-0.39, 0.29) is 0 Å². The Bertz CT molecular complexity index is 597. The molecule has 0 bridgehead atoms. The van der Waals surface area contributed by atoms with Crippen LogP contribution in [0.1, 0.15) is 23.2 Å². The third-order valence-corrected chi connectivity index (χ3v) is 4.78. The van der Waals surface area contributed by atoms with Gasteiger partial charge < -0.3 is 10.2 Å². The Balaban J connectivity index is 2.30. The number of hydrogen-bond acceptors (Lipinski definition) is 5. The van der Waals surface area contributed by atoms with Crippen LogP contribution in [0.2, 0.25) is 0 Å². The van der Waals surface area contributed by atoms with Gasteiger partial charge in [0.05, 0.1) is 6.54 Å². The number of aryl methyl sites for hydroxylation is 1. The van der Waals surface area contributed by atoms with Crippen molar-refractivity contribution in [3.63, 3.8) is 0 Å². The van der Waals surface area contributed by atoms with Gasteiger partial charge in [0.25, 0.3) is 0 Å². The maximum absolute atomic E-state index is 4.67. The molecule has 2 heterocycles. The first-order valence-electron chi connectivity index (χ1n) is 6.54. The van der Waals surface area contributed by atoms with Crippen LogP contribution >= 0.6 is 27.3 Å². The Labute approximate surface area is 132 Å². The fourth-order valence-electron chi connectivity index (χ4n) is 2.07. The van der Waals surface area contributed by atoms with Crippen LogP contribution in [0.4, 0.5) is 11.6 Å². The van der Waals surface area contributed by atoms with E-state index in [0.29, 0.717) is 0 Å². The van der Waals surface area contributed by atoms with Crippen LogP contribution in [0.3, 0.4) is 0 Å². The SMILES string of the molecule is CCc1nc(NC)c(C)c(N(C)Cc2cc(Br)cs2)n1. The number of rotatable bonds is 5. The van der Waals surface area contributed by atoms with E-state index in [1.807, 2.05) is 7.05 Å². The van der Waals surface area contributed by atoms with Crippen molar-refractivity contribution >= 4 is 38.9 Å². The summed E-state index contributed by atoms with van der Waals surface area (Å²) in [6, 6.07) is 2.15. The highest BCUT2D eigenvalue weighted by molar-refractivity contribution is 9.10. The van der Waals surface area contributed by atoms with E-state index in [2.05, 4.69) is 68.5 Å². The first-order valence-corrected chi connectivity index (χ1v) is 8.21. The minimum absolute atomic E-state index is 0.834. The Morgan fingerprint density at radius 1 is 1.40 bits per heavy atom. The molecule has 0 amide bonds. The van der Waals surface area contributed by atoms with Crippen molar-refractivity contribution in [1.29, 1.82) is 0 Å². The first kappa shape index (κ1) is 15.3. The molecule has 1 N–H and O–H groups in total. The second-order valence-corrected chi connectivity index (χ2v) is 6.54. The van der Waals surface area contributed by atoms with Crippen molar-refractivity contribution < 1.29 is 0 Å². The van der Waals surface area contributed by atoms with E-state index in [4.69, 9.17) is 0 Å². The predicted molar refractivity (Wildman–Crippen MR) is 89.8 cm³/mol. The molecule has 0 saturated carbocycles. The molecule has 0 atom stereocenters. The summed E-state index contributed by atoms with van der Waals surface area (Å²) in [6.45, 7) is 4.98. The minimum Gasteiger partial charge on any atom is -0.373 e. The Morgan fingerprint density at radius 3 is 2.70 bits per heavy atom. The lowest BCUT2D eigenvalue weighted by Crippen LogP contribution is -2.20. The van der Waals surface area contributed by atoms with Crippen molar-refractivity contribution in [3.8, 4) is 0 Å². The summed E-state index contributed by atoms with van der Waals surface area (Å²) in [4.78, 5) is 12.7. The maximum Gasteiger partial charge on any atom is 0.137 e. The largest absolute Gasteiger partial charge is 0.373 e. The lowest BCUT2D eigenvalue weighted by molar-refractivity contribution is 0.858. The summed E-state index contributed by atoms with van der Waals surface area (Å²) >= 11 is 5.25. The molecule has 2 aromatic rings. The lowest BCUT2D eigenvalue weighted by atomic mass is 10.2. The maximum atomic E-state index is 4.67. The molecule has 0 fully saturated rings. The normalized spacial score (nSPS) is 10.7. The number of aromatic nitrogens is 2. The lowest BCUT2D eigenvalue weighted by Gasteiger charge is -2.21. The molecule has 0 unspecified atom stereocenters. The summed E-state index contributed by atoms with van der Waals surface area (Å²) < 4.78 is 1.13. The quantitative estimate of drug-likeness (QED) is 0.885. The number of thiophene rings is 1. The second kappa shape index (κ2) is 6.54. The van der Waals surface area contributed by atoms with E-state index in [1.165, 1.54) is 4.88 Å². The van der Waals surface area contributed by atoms with Gasteiger partial charge in [0.15, 0.2) is 0 Å². The summed E-state index contributed by atoms with van der Waals surface area (Å²) in [5.74, 6) is 2.77. The molecule has 0 aliphatic rings. The van der Waals surface area contributed by atoms with Gasteiger partial charge in [-0.1, -0.05) is 6.92 Å². The highest BCUT2D eigenvalue weighted by atomic mass is 79.9. The van der Waals surface area contributed by atoms with Crippen LogP contribution in [0.15, 0.2) is 15.9 Å². The first-order chi connectivity index (χ1) is 9.55. The van der Waals surface area contributed by atoms with E-state index in [9.17, 15) is 0 Å². The molecule has 2 rings (SSSR count). The molecule has 6 heteroatoms. The van der Waals surface area contributed by atoms with Gasteiger partial charge >= 0.3 is 0 Å². The fraction of sp³-hybridized carbons (Fsp3) is 0.429. The van der Waals surface area contributed by atoms with Gasteiger partial charge in [-0.3, -0.25) is 0 Å². The Morgan fingerprint density at radius 2 is 2.15 bits per heavy atom. The molecule has 2 aromatic heterocycles. The standard InChI is InChI=1S/C14H19BrN4S/c1-5-12-17-13(16-3)9(2)14(18-12)19(4)7-11-6-10(15)8-20-11/h6,8H,5,7H2,1-4H3,(H,16,17,18). The van der Waals surface area contributed by atoms with Crippen molar-refractivity contribution in [1.82, 2.24) is 9.97 Å². The monoisotopic (exact) mass is 354 g/mol. The number of halogens is 1. The second-order valence-electron chi connectivity index (χ2n) is 4.63. The Hall–Kier alpha value is -1.14. The number of nitrogens with one attached hydrogen (secondary N) is 1. The zero-order valence-corrected chi connectivity index (χ0v) is 14.6. The van der Waals surface area contributed by atoms with Crippen molar-refractivity contribution in [3.05, 3.63) is 32.2 Å². The van der Waals surface area contributed by atoms with E-state index < -0.39 is 0 Å². The molecule has 0 aliphatic carbocycles. The van der Waals surface area contributed by atoms with Crippen LogP contribution in [0.25, 0.3) is 0 Å². The van der Waals surface area contributed by atoms with E-state index in [1.54, 1.807) is 11.3 Å². The van der Waals surface area contributed by atoms with Gasteiger partial charge in [0.2, 0.25) is 0 Å². The zero-order chi connectivity index (χ0) is 14.7. The molecule has 0 aromatic carbocycles. The molecule has 108 valence electrons. The van der Waals surface area contributed by atoms with Crippen molar-refractivity contribution in [2.45, 2.75) is 26.8 Å². The average Bonchev–Trinajstić information content (AvgIpc) is 2.84. The van der Waals surface area contributed by atoms with Gasteiger partial charge in [0, 0.05) is 40.8 Å². The average molecular weight is 355 g/mol. The summed E-state index contributed by atoms with van der Waals surface area (Å²) in [7, 11) is 3.97. The third-order valence-electron chi connectivity index (χ3n) is 3.10. The van der Waals surface area contributed by atoms with E-state index >= 15 is 0 Å². The van der Waals surface area contributed by atoms with Crippen molar-refractivity contribution in [2.75, 3.05) is 24.3 Å². The molecule has 4 nitrogen and oxygen atoms in total. The number of nitrogens with zero attached hydrogens (tertiary/aromatic N) is 3. The van der Waals surface area contributed by atoms with Crippen molar-refractivity contribution in [2.24, 2.45) is 0 Å². The van der Waals surface area contributed by atoms with Gasteiger partial charge in [-0.2, -0.15) is 0 Å². The minimum atomic E-state index is 0.834. The zero-order valence-electron chi connectivity index (χ0n) is 12.2. The van der Waals surface area contributed by atoms with Gasteiger partial charge in [-0.15, -0.1) is 11.3 Å². The van der Waals surface area contributed by atoms with Crippen LogP contribution in [-0.4, -0.2) is 24.1 Å². The highest BCUT2D eigenvalue weighted by Gasteiger charge is 2.14. The third kappa shape index (κ3) is 3.30. The fourth-order valence-corrected chi connectivity index (χ4v) is 3.57. The van der Waals surface area contributed by atoms with Gasteiger partial charge in [-0.05, 0) is 28.9 Å². The molecular formula is C14H19BrN4S. The summed E-state index contributed by atoms with van der Waals surface area (Å²) in [6.07, 6.45) is 0.834. The predicted octanol–water partition coefficient (Wildman–Crippen LogP) is 3.85. The molecule has 0 saturated heterocycles. The number of anilines is 2. The molecule has 0 aliphatic heterocycles. The number of hydrogen-bond donors (Lipinski definition) is 1. The molecule has 0 radical (unpaired) electrons. The Kier molecular flexibility index (Phi) is 4.99. The van der Waals surface area contributed by atoms with Gasteiger partial charge in [-0.25, -0.2) is 9.97 Å². The van der Waals surface area contributed by atoms with Gasteiger partial charge in [0.1, 0.15) is 17.5 Å². The topological polar surface area (TPSA) is 41.1 Å². The molecular weight excluding hydrogens is 336 g/mol. The van der Waals surface area contributed by atoms with E-state index in [0.717, 1.165) is 40.5 Å².